The maximum atomic E-state index is 9.65. The Balaban J connectivity index is 1.65. The Hall–Kier alpha value is -0.810. The Morgan fingerprint density at radius 2 is 2.24 bits per heavy atom. The molecule has 1 saturated carbocycles. The van der Waals surface area contributed by atoms with Crippen molar-refractivity contribution in [2.45, 2.75) is 44.3 Å². The second-order valence-electron chi connectivity index (χ2n) is 5.00. The molecule has 1 aliphatic carbocycles. The van der Waals surface area contributed by atoms with Crippen LogP contribution < -0.4 is 11.1 Å². The Bertz CT molecular complexity index is 264. The standard InChI is InChI=1S/C12H23N3O2/c13-12(15-8-10-4-2-6-17-10)14-7-9-3-1-5-11(9)16/h9-11,16H,1-8H2,(H3,13,14,15). The Kier molecular flexibility index (Phi) is 4.62. The van der Waals surface area contributed by atoms with E-state index in [1.165, 1.54) is 0 Å². The second kappa shape index (κ2) is 6.21. The van der Waals surface area contributed by atoms with Crippen molar-refractivity contribution in [1.29, 1.82) is 0 Å². The average molecular weight is 241 g/mol. The molecule has 98 valence electrons. The molecule has 0 amide bonds. The summed E-state index contributed by atoms with van der Waals surface area (Å²) in [5, 5.41) is 12.7. The predicted octanol–water partition coefficient (Wildman–Crippen LogP) is 0.231. The molecule has 0 aromatic carbocycles. The van der Waals surface area contributed by atoms with E-state index < -0.39 is 0 Å². The fourth-order valence-corrected chi connectivity index (χ4v) is 2.53. The van der Waals surface area contributed by atoms with Crippen LogP contribution in [0.3, 0.4) is 0 Å². The summed E-state index contributed by atoms with van der Waals surface area (Å²) < 4.78 is 5.49. The summed E-state index contributed by atoms with van der Waals surface area (Å²) in [7, 11) is 0. The molecule has 0 aromatic rings. The van der Waals surface area contributed by atoms with Crippen LogP contribution in [0.5, 0.6) is 0 Å². The first kappa shape index (κ1) is 12.6. The molecule has 2 aliphatic rings. The number of hydrogen-bond donors (Lipinski definition) is 3. The van der Waals surface area contributed by atoms with E-state index in [2.05, 4.69) is 10.3 Å². The maximum Gasteiger partial charge on any atom is 0.188 e. The molecule has 17 heavy (non-hydrogen) atoms. The van der Waals surface area contributed by atoms with Gasteiger partial charge in [0.1, 0.15) is 0 Å². The molecule has 0 bridgehead atoms. The van der Waals surface area contributed by atoms with Gasteiger partial charge in [-0.3, -0.25) is 4.99 Å². The van der Waals surface area contributed by atoms with Gasteiger partial charge in [-0.15, -0.1) is 0 Å². The van der Waals surface area contributed by atoms with Crippen LogP contribution in [0.4, 0.5) is 0 Å². The summed E-state index contributed by atoms with van der Waals surface area (Å²) in [6.07, 6.45) is 5.39. The first-order chi connectivity index (χ1) is 8.25. The summed E-state index contributed by atoms with van der Waals surface area (Å²) in [6.45, 7) is 2.23. The summed E-state index contributed by atoms with van der Waals surface area (Å²) >= 11 is 0. The van der Waals surface area contributed by atoms with Crippen molar-refractivity contribution in [2.75, 3.05) is 19.7 Å². The van der Waals surface area contributed by atoms with Crippen molar-refractivity contribution in [2.24, 2.45) is 16.6 Å². The molecule has 2 rings (SSSR count). The minimum Gasteiger partial charge on any atom is -0.393 e. The van der Waals surface area contributed by atoms with Gasteiger partial charge in [0.2, 0.25) is 0 Å². The molecule has 4 N–H and O–H groups in total. The zero-order valence-corrected chi connectivity index (χ0v) is 10.3. The monoisotopic (exact) mass is 241 g/mol. The van der Waals surface area contributed by atoms with Crippen LogP contribution in [-0.2, 0) is 4.74 Å². The van der Waals surface area contributed by atoms with E-state index in [9.17, 15) is 5.11 Å². The van der Waals surface area contributed by atoms with Crippen molar-refractivity contribution in [1.82, 2.24) is 5.32 Å². The first-order valence-electron chi connectivity index (χ1n) is 6.59. The third-order valence-corrected chi connectivity index (χ3v) is 3.65. The van der Waals surface area contributed by atoms with Gasteiger partial charge in [0, 0.05) is 25.6 Å². The second-order valence-corrected chi connectivity index (χ2v) is 5.00. The fraction of sp³-hybridized carbons (Fsp3) is 0.917. The van der Waals surface area contributed by atoms with Gasteiger partial charge in [-0.25, -0.2) is 0 Å². The van der Waals surface area contributed by atoms with Gasteiger partial charge in [-0.1, -0.05) is 6.42 Å². The van der Waals surface area contributed by atoms with Gasteiger partial charge in [0.05, 0.1) is 12.2 Å². The molecule has 1 heterocycles. The van der Waals surface area contributed by atoms with E-state index in [1.807, 2.05) is 0 Å². The van der Waals surface area contributed by atoms with Crippen molar-refractivity contribution < 1.29 is 9.84 Å². The number of nitrogens with zero attached hydrogens (tertiary/aromatic N) is 1. The summed E-state index contributed by atoms with van der Waals surface area (Å²) in [5.41, 5.74) is 5.78. The summed E-state index contributed by atoms with van der Waals surface area (Å²) in [6, 6.07) is 0. The van der Waals surface area contributed by atoms with Crippen molar-refractivity contribution in [3.05, 3.63) is 0 Å². The average Bonchev–Trinajstić information content (AvgIpc) is 2.95. The Morgan fingerprint density at radius 1 is 1.35 bits per heavy atom. The molecule has 2 fully saturated rings. The lowest BCUT2D eigenvalue weighted by molar-refractivity contribution is 0.114. The van der Waals surface area contributed by atoms with Gasteiger partial charge >= 0.3 is 0 Å². The minimum atomic E-state index is -0.190. The van der Waals surface area contributed by atoms with Crippen molar-refractivity contribution >= 4 is 5.96 Å². The van der Waals surface area contributed by atoms with E-state index in [-0.39, 0.29) is 18.1 Å². The number of nitrogens with one attached hydrogen (secondary N) is 1. The molecule has 0 aromatic heterocycles. The number of aliphatic hydroxyl groups excluding tert-OH is 1. The topological polar surface area (TPSA) is 79.9 Å². The quantitative estimate of drug-likeness (QED) is 0.486. The van der Waals surface area contributed by atoms with Crippen LogP contribution >= 0.6 is 0 Å². The lowest BCUT2D eigenvalue weighted by atomic mass is 10.1. The van der Waals surface area contributed by atoms with Gasteiger partial charge in [0.25, 0.3) is 0 Å². The van der Waals surface area contributed by atoms with Crippen LogP contribution in [0.1, 0.15) is 32.1 Å². The van der Waals surface area contributed by atoms with Gasteiger partial charge < -0.3 is 20.9 Å². The third kappa shape index (κ3) is 3.85. The predicted molar refractivity (Wildman–Crippen MR) is 66.8 cm³/mol. The fourth-order valence-electron chi connectivity index (χ4n) is 2.53. The molecule has 1 aliphatic heterocycles. The number of ether oxygens (including phenoxy) is 1. The van der Waals surface area contributed by atoms with E-state index in [0.717, 1.165) is 45.3 Å². The number of guanidine groups is 1. The SMILES string of the molecule is NC(=NCC1CCCC1O)NCC1CCCO1. The molecule has 3 unspecified atom stereocenters. The smallest absolute Gasteiger partial charge is 0.188 e. The summed E-state index contributed by atoms with van der Waals surface area (Å²) in [5.74, 6) is 0.762. The number of aliphatic imine (C=N–C) groups is 1. The third-order valence-electron chi connectivity index (χ3n) is 3.65. The lowest BCUT2D eigenvalue weighted by Crippen LogP contribution is -2.37. The molecule has 5 heteroatoms. The minimum absolute atomic E-state index is 0.190. The number of rotatable bonds is 4. The zero-order chi connectivity index (χ0) is 12.1. The highest BCUT2D eigenvalue weighted by Crippen LogP contribution is 2.25. The number of nitrogens with two attached hydrogens (primary N) is 1. The number of aliphatic hydroxyl groups is 1. The van der Waals surface area contributed by atoms with Crippen molar-refractivity contribution in [3.63, 3.8) is 0 Å². The van der Waals surface area contributed by atoms with Crippen LogP contribution in [0, 0.1) is 5.92 Å². The van der Waals surface area contributed by atoms with Gasteiger partial charge in [0.15, 0.2) is 5.96 Å². The highest BCUT2D eigenvalue weighted by atomic mass is 16.5. The van der Waals surface area contributed by atoms with E-state index in [1.54, 1.807) is 0 Å². The molecule has 0 radical (unpaired) electrons. The van der Waals surface area contributed by atoms with Gasteiger partial charge in [-0.2, -0.15) is 0 Å². The summed E-state index contributed by atoms with van der Waals surface area (Å²) in [4.78, 5) is 4.29. The van der Waals surface area contributed by atoms with Crippen molar-refractivity contribution in [3.8, 4) is 0 Å². The largest absolute Gasteiger partial charge is 0.393 e. The van der Waals surface area contributed by atoms with Crippen LogP contribution in [0.25, 0.3) is 0 Å². The zero-order valence-electron chi connectivity index (χ0n) is 10.3. The van der Waals surface area contributed by atoms with Gasteiger partial charge in [-0.05, 0) is 25.7 Å². The van der Waals surface area contributed by atoms with E-state index >= 15 is 0 Å². The molecule has 0 spiro atoms. The van der Waals surface area contributed by atoms with Crippen LogP contribution in [-0.4, -0.2) is 43.0 Å². The molecule has 1 saturated heterocycles. The normalized spacial score (nSPS) is 34.2. The lowest BCUT2D eigenvalue weighted by Gasteiger charge is -2.13. The first-order valence-corrected chi connectivity index (χ1v) is 6.59. The highest BCUT2D eigenvalue weighted by Gasteiger charge is 2.24. The van der Waals surface area contributed by atoms with E-state index in [4.69, 9.17) is 10.5 Å². The highest BCUT2D eigenvalue weighted by molar-refractivity contribution is 5.77. The van der Waals surface area contributed by atoms with E-state index in [0.29, 0.717) is 12.5 Å². The molecular formula is C12H23N3O2. The van der Waals surface area contributed by atoms with Crippen LogP contribution in [0.15, 0.2) is 4.99 Å². The Labute approximate surface area is 102 Å². The van der Waals surface area contributed by atoms with Crippen LogP contribution in [0.2, 0.25) is 0 Å². The molecule has 5 nitrogen and oxygen atoms in total. The number of hydrogen-bond acceptors (Lipinski definition) is 3. The maximum absolute atomic E-state index is 9.65. The molecular weight excluding hydrogens is 218 g/mol. The Morgan fingerprint density at radius 3 is 2.88 bits per heavy atom. The molecule has 3 atom stereocenters.